The van der Waals surface area contributed by atoms with E-state index in [-0.39, 0.29) is 12.3 Å². The lowest BCUT2D eigenvalue weighted by Crippen LogP contribution is -2.38. The summed E-state index contributed by atoms with van der Waals surface area (Å²) in [4.78, 5) is 26.8. The predicted molar refractivity (Wildman–Crippen MR) is 99.9 cm³/mol. The first-order chi connectivity index (χ1) is 12.1. The Balaban J connectivity index is 2.09. The van der Waals surface area contributed by atoms with E-state index >= 15 is 0 Å². The maximum atomic E-state index is 12.8. The standard InChI is InChI=1S/C18H24N4O2S/c19-9-5-10-22(13-14-6-2-1-3-7-14)17(23)12-15(21-18(20)24)16-8-4-11-25-16/h1-4,6-8,11,15H,5,9-10,12-13,19H2,(H3,20,21,24). The summed E-state index contributed by atoms with van der Waals surface area (Å²) in [6.07, 6.45) is 0.895. The first-order valence-corrected chi connectivity index (χ1v) is 9.09. The molecule has 1 atom stereocenters. The highest BCUT2D eigenvalue weighted by atomic mass is 32.1. The second-order valence-electron chi connectivity index (χ2n) is 5.72. The molecular formula is C18H24N4O2S. The normalized spacial score (nSPS) is 11.7. The van der Waals surface area contributed by atoms with Gasteiger partial charge in [-0.25, -0.2) is 4.79 Å². The van der Waals surface area contributed by atoms with Crippen molar-refractivity contribution >= 4 is 23.3 Å². The van der Waals surface area contributed by atoms with Gasteiger partial charge in [-0.05, 0) is 30.0 Å². The Labute approximate surface area is 151 Å². The molecule has 1 aromatic carbocycles. The lowest BCUT2D eigenvalue weighted by molar-refractivity contribution is -0.132. The number of nitrogens with one attached hydrogen (secondary N) is 1. The van der Waals surface area contributed by atoms with Gasteiger partial charge in [0.25, 0.3) is 0 Å². The van der Waals surface area contributed by atoms with Crippen LogP contribution < -0.4 is 16.8 Å². The molecule has 0 spiro atoms. The van der Waals surface area contributed by atoms with Gasteiger partial charge >= 0.3 is 6.03 Å². The topological polar surface area (TPSA) is 101 Å². The van der Waals surface area contributed by atoms with Gasteiger partial charge in [-0.1, -0.05) is 36.4 Å². The molecule has 3 amide bonds. The Bertz CT molecular complexity index is 661. The van der Waals surface area contributed by atoms with Crippen molar-refractivity contribution in [2.24, 2.45) is 11.5 Å². The molecule has 0 aliphatic rings. The zero-order chi connectivity index (χ0) is 18.1. The van der Waals surface area contributed by atoms with Gasteiger partial charge in [0.1, 0.15) is 0 Å². The van der Waals surface area contributed by atoms with E-state index in [1.165, 1.54) is 11.3 Å². The zero-order valence-corrected chi connectivity index (χ0v) is 14.9. The Hall–Kier alpha value is -2.38. The fourth-order valence-corrected chi connectivity index (χ4v) is 3.34. The minimum absolute atomic E-state index is 0.0375. The number of primary amides is 1. The first kappa shape index (κ1) is 19.0. The van der Waals surface area contributed by atoms with Crippen LogP contribution in [0.3, 0.4) is 0 Å². The molecule has 7 heteroatoms. The molecule has 0 saturated carbocycles. The van der Waals surface area contributed by atoms with Crippen LogP contribution in [0.15, 0.2) is 47.8 Å². The highest BCUT2D eigenvalue weighted by molar-refractivity contribution is 7.10. The average Bonchev–Trinajstić information content (AvgIpc) is 3.13. The molecule has 0 saturated heterocycles. The average molecular weight is 360 g/mol. The van der Waals surface area contributed by atoms with E-state index in [0.717, 1.165) is 16.9 Å². The van der Waals surface area contributed by atoms with Crippen LogP contribution in [0.5, 0.6) is 0 Å². The third kappa shape index (κ3) is 6.21. The summed E-state index contributed by atoms with van der Waals surface area (Å²) in [5, 5.41) is 4.57. The van der Waals surface area contributed by atoms with E-state index in [4.69, 9.17) is 11.5 Å². The number of amides is 3. The second kappa shape index (κ2) is 9.80. The van der Waals surface area contributed by atoms with Crippen molar-refractivity contribution in [2.45, 2.75) is 25.4 Å². The molecule has 0 fully saturated rings. The number of rotatable bonds is 9. The number of urea groups is 1. The number of benzene rings is 1. The van der Waals surface area contributed by atoms with Crippen LogP contribution in [0.25, 0.3) is 0 Å². The molecule has 1 unspecified atom stereocenters. The number of nitrogens with zero attached hydrogens (tertiary/aromatic N) is 1. The Kier molecular flexibility index (Phi) is 7.43. The molecular weight excluding hydrogens is 336 g/mol. The lowest BCUT2D eigenvalue weighted by Gasteiger charge is -2.25. The van der Waals surface area contributed by atoms with E-state index in [1.807, 2.05) is 47.8 Å². The zero-order valence-electron chi connectivity index (χ0n) is 14.1. The van der Waals surface area contributed by atoms with Crippen LogP contribution in [-0.4, -0.2) is 29.9 Å². The smallest absolute Gasteiger partial charge is 0.312 e. The van der Waals surface area contributed by atoms with Crippen molar-refractivity contribution in [3.63, 3.8) is 0 Å². The fourth-order valence-electron chi connectivity index (χ4n) is 2.57. The summed E-state index contributed by atoms with van der Waals surface area (Å²) in [6, 6.07) is 12.5. The highest BCUT2D eigenvalue weighted by Crippen LogP contribution is 2.23. The summed E-state index contributed by atoms with van der Waals surface area (Å²) < 4.78 is 0. The maximum absolute atomic E-state index is 12.8. The van der Waals surface area contributed by atoms with Gasteiger partial charge in [0.05, 0.1) is 12.5 Å². The summed E-state index contributed by atoms with van der Waals surface area (Å²) in [7, 11) is 0. The minimum atomic E-state index is -0.636. The number of carbonyl (C=O) groups excluding carboxylic acids is 2. The molecule has 2 rings (SSSR count). The Morgan fingerprint density at radius 3 is 2.52 bits per heavy atom. The molecule has 134 valence electrons. The Morgan fingerprint density at radius 2 is 1.92 bits per heavy atom. The van der Waals surface area contributed by atoms with Crippen LogP contribution in [0.2, 0.25) is 0 Å². The number of hydrogen-bond donors (Lipinski definition) is 3. The second-order valence-corrected chi connectivity index (χ2v) is 6.70. The van der Waals surface area contributed by atoms with E-state index in [2.05, 4.69) is 5.32 Å². The van der Waals surface area contributed by atoms with Crippen molar-refractivity contribution in [2.75, 3.05) is 13.1 Å². The highest BCUT2D eigenvalue weighted by Gasteiger charge is 2.22. The van der Waals surface area contributed by atoms with Crippen molar-refractivity contribution in [1.82, 2.24) is 10.2 Å². The fraction of sp³-hybridized carbons (Fsp3) is 0.333. The number of carbonyl (C=O) groups is 2. The van der Waals surface area contributed by atoms with Gasteiger partial charge in [0.15, 0.2) is 0 Å². The van der Waals surface area contributed by atoms with Crippen LogP contribution in [0.4, 0.5) is 4.79 Å². The van der Waals surface area contributed by atoms with Crippen LogP contribution in [0.1, 0.15) is 29.3 Å². The SMILES string of the molecule is NCCCN(Cc1ccccc1)C(=O)CC(NC(N)=O)c1cccs1. The Morgan fingerprint density at radius 1 is 1.16 bits per heavy atom. The molecule has 1 aromatic heterocycles. The van der Waals surface area contributed by atoms with Crippen LogP contribution in [-0.2, 0) is 11.3 Å². The van der Waals surface area contributed by atoms with E-state index in [0.29, 0.717) is 19.6 Å². The first-order valence-electron chi connectivity index (χ1n) is 8.21. The third-order valence-corrected chi connectivity index (χ3v) is 4.77. The largest absolute Gasteiger partial charge is 0.352 e. The van der Waals surface area contributed by atoms with Crippen molar-refractivity contribution in [3.05, 3.63) is 58.3 Å². The van der Waals surface area contributed by atoms with Gasteiger partial charge in [-0.2, -0.15) is 0 Å². The number of nitrogens with two attached hydrogens (primary N) is 2. The molecule has 0 bridgehead atoms. The third-order valence-electron chi connectivity index (χ3n) is 3.78. The molecule has 1 heterocycles. The van der Waals surface area contributed by atoms with Crippen LogP contribution >= 0.6 is 11.3 Å². The number of hydrogen-bond acceptors (Lipinski definition) is 4. The summed E-state index contributed by atoms with van der Waals surface area (Å²) in [5.41, 5.74) is 11.9. The summed E-state index contributed by atoms with van der Waals surface area (Å²) in [6.45, 7) is 1.62. The van der Waals surface area contributed by atoms with Gasteiger partial charge < -0.3 is 21.7 Å². The quantitative estimate of drug-likeness (QED) is 0.639. The van der Waals surface area contributed by atoms with E-state index in [9.17, 15) is 9.59 Å². The van der Waals surface area contributed by atoms with Gasteiger partial charge in [-0.3, -0.25) is 4.79 Å². The van der Waals surface area contributed by atoms with E-state index in [1.54, 1.807) is 4.90 Å². The molecule has 0 aliphatic carbocycles. The summed E-state index contributed by atoms with van der Waals surface area (Å²) >= 11 is 1.49. The predicted octanol–water partition coefficient (Wildman–Crippen LogP) is 2.23. The van der Waals surface area contributed by atoms with Crippen molar-refractivity contribution < 1.29 is 9.59 Å². The van der Waals surface area contributed by atoms with Crippen LogP contribution in [0, 0.1) is 0 Å². The molecule has 25 heavy (non-hydrogen) atoms. The molecule has 5 N–H and O–H groups in total. The van der Waals surface area contributed by atoms with Gasteiger partial charge in [0.2, 0.25) is 5.91 Å². The van der Waals surface area contributed by atoms with Crippen molar-refractivity contribution in [3.8, 4) is 0 Å². The van der Waals surface area contributed by atoms with E-state index < -0.39 is 12.1 Å². The minimum Gasteiger partial charge on any atom is -0.352 e. The summed E-state index contributed by atoms with van der Waals surface area (Å²) in [5.74, 6) is -0.0375. The molecule has 2 aromatic rings. The number of thiophene rings is 1. The molecule has 0 radical (unpaired) electrons. The molecule has 0 aliphatic heterocycles. The van der Waals surface area contributed by atoms with Gasteiger partial charge in [0, 0.05) is 18.0 Å². The lowest BCUT2D eigenvalue weighted by atomic mass is 10.1. The molecule has 6 nitrogen and oxygen atoms in total. The monoisotopic (exact) mass is 360 g/mol. The van der Waals surface area contributed by atoms with Gasteiger partial charge in [-0.15, -0.1) is 11.3 Å². The van der Waals surface area contributed by atoms with Crippen molar-refractivity contribution in [1.29, 1.82) is 0 Å². The maximum Gasteiger partial charge on any atom is 0.312 e.